The van der Waals surface area contributed by atoms with E-state index in [4.69, 9.17) is 17.3 Å². The lowest BCUT2D eigenvalue weighted by Crippen LogP contribution is -2.16. The molecule has 1 aromatic rings. The summed E-state index contributed by atoms with van der Waals surface area (Å²) in [6.07, 6.45) is 2.77. The molecule has 1 aromatic carbocycles. The minimum atomic E-state index is 0.649. The molecule has 0 heterocycles. The molecule has 0 amide bonds. The number of rotatable bonds is 4. The van der Waals surface area contributed by atoms with E-state index in [2.05, 4.69) is 5.32 Å². The number of nitrogens with two attached hydrogens (primary N) is 1. The van der Waals surface area contributed by atoms with Gasteiger partial charge in [0.2, 0.25) is 0 Å². The van der Waals surface area contributed by atoms with Gasteiger partial charge in [0.1, 0.15) is 0 Å². The largest absolute Gasteiger partial charge is 0.398 e. The van der Waals surface area contributed by atoms with Crippen molar-refractivity contribution >= 4 is 17.3 Å². The Balaban J connectivity index is 1.85. The third kappa shape index (κ3) is 2.63. The number of halogens is 1. The van der Waals surface area contributed by atoms with E-state index in [1.807, 2.05) is 18.2 Å². The van der Waals surface area contributed by atoms with Crippen LogP contribution in [0.1, 0.15) is 18.4 Å². The van der Waals surface area contributed by atoms with Gasteiger partial charge in [0.15, 0.2) is 0 Å². The van der Waals surface area contributed by atoms with Crippen molar-refractivity contribution in [2.75, 3.05) is 12.3 Å². The van der Waals surface area contributed by atoms with E-state index < -0.39 is 0 Å². The summed E-state index contributed by atoms with van der Waals surface area (Å²) in [5.74, 6) is 0.916. The van der Waals surface area contributed by atoms with E-state index in [1.54, 1.807) is 0 Å². The lowest BCUT2D eigenvalue weighted by molar-refractivity contribution is 0.639. The van der Waals surface area contributed by atoms with E-state index in [1.165, 1.54) is 18.4 Å². The van der Waals surface area contributed by atoms with Gasteiger partial charge in [0.05, 0.1) is 10.7 Å². The Morgan fingerprint density at radius 3 is 2.86 bits per heavy atom. The first-order valence-corrected chi connectivity index (χ1v) is 5.38. The lowest BCUT2D eigenvalue weighted by atomic mass is 10.2. The maximum Gasteiger partial charge on any atom is 0.0638 e. The van der Waals surface area contributed by atoms with Crippen molar-refractivity contribution in [3.8, 4) is 0 Å². The fourth-order valence-corrected chi connectivity index (χ4v) is 1.63. The molecule has 0 spiro atoms. The van der Waals surface area contributed by atoms with Gasteiger partial charge in [0.25, 0.3) is 0 Å². The molecule has 0 radical (unpaired) electrons. The summed E-state index contributed by atoms with van der Waals surface area (Å²) < 4.78 is 0. The lowest BCUT2D eigenvalue weighted by Gasteiger charge is -2.05. The summed E-state index contributed by atoms with van der Waals surface area (Å²) in [7, 11) is 0. The summed E-state index contributed by atoms with van der Waals surface area (Å²) in [5.41, 5.74) is 7.47. The molecule has 3 heteroatoms. The summed E-state index contributed by atoms with van der Waals surface area (Å²) >= 11 is 5.91. The minimum Gasteiger partial charge on any atom is -0.398 e. The Bertz CT molecular complexity index is 321. The molecular weight excluding hydrogens is 196 g/mol. The number of hydrogen-bond donors (Lipinski definition) is 2. The first-order valence-electron chi connectivity index (χ1n) is 5.00. The van der Waals surface area contributed by atoms with Gasteiger partial charge in [-0.2, -0.15) is 0 Å². The molecule has 76 valence electrons. The monoisotopic (exact) mass is 210 g/mol. The molecule has 0 atom stereocenters. The topological polar surface area (TPSA) is 38.0 Å². The van der Waals surface area contributed by atoms with Gasteiger partial charge in [-0.15, -0.1) is 0 Å². The molecule has 0 aromatic heterocycles. The van der Waals surface area contributed by atoms with Gasteiger partial charge in [-0.1, -0.05) is 17.7 Å². The van der Waals surface area contributed by atoms with Gasteiger partial charge >= 0.3 is 0 Å². The smallest absolute Gasteiger partial charge is 0.0638 e. The highest BCUT2D eigenvalue weighted by Gasteiger charge is 2.19. The molecule has 2 nitrogen and oxygen atoms in total. The summed E-state index contributed by atoms with van der Waals surface area (Å²) in [6.45, 7) is 2.01. The summed E-state index contributed by atoms with van der Waals surface area (Å²) in [4.78, 5) is 0. The SMILES string of the molecule is Nc1ccc(CNCC2CC2)cc1Cl. The fraction of sp³-hybridized carbons (Fsp3) is 0.455. The number of benzene rings is 1. The predicted molar refractivity (Wildman–Crippen MR) is 60.3 cm³/mol. The van der Waals surface area contributed by atoms with Crippen LogP contribution < -0.4 is 11.1 Å². The van der Waals surface area contributed by atoms with Crippen LogP contribution in [0.2, 0.25) is 5.02 Å². The van der Waals surface area contributed by atoms with Crippen LogP contribution in [0.25, 0.3) is 0 Å². The van der Waals surface area contributed by atoms with E-state index in [9.17, 15) is 0 Å². The first kappa shape index (κ1) is 9.81. The molecular formula is C11H15ClN2. The van der Waals surface area contributed by atoms with Gasteiger partial charge in [0, 0.05) is 6.54 Å². The van der Waals surface area contributed by atoms with E-state index in [0.717, 1.165) is 19.0 Å². The minimum absolute atomic E-state index is 0.649. The zero-order chi connectivity index (χ0) is 9.97. The van der Waals surface area contributed by atoms with Crippen LogP contribution in [-0.2, 0) is 6.54 Å². The highest BCUT2D eigenvalue weighted by Crippen LogP contribution is 2.27. The zero-order valence-electron chi connectivity index (χ0n) is 8.09. The number of hydrogen-bond acceptors (Lipinski definition) is 2. The molecule has 0 bridgehead atoms. The van der Waals surface area contributed by atoms with Crippen LogP contribution in [0.15, 0.2) is 18.2 Å². The van der Waals surface area contributed by atoms with Gasteiger partial charge < -0.3 is 11.1 Å². The Morgan fingerprint density at radius 1 is 1.43 bits per heavy atom. The third-order valence-electron chi connectivity index (χ3n) is 2.52. The zero-order valence-corrected chi connectivity index (χ0v) is 8.85. The molecule has 0 unspecified atom stereocenters. The van der Waals surface area contributed by atoms with Crippen molar-refractivity contribution in [1.82, 2.24) is 5.32 Å². The highest BCUT2D eigenvalue weighted by molar-refractivity contribution is 6.33. The van der Waals surface area contributed by atoms with Crippen molar-refractivity contribution in [3.63, 3.8) is 0 Å². The van der Waals surface area contributed by atoms with Crippen LogP contribution >= 0.6 is 11.6 Å². The maximum atomic E-state index is 5.91. The average molecular weight is 211 g/mol. The fourth-order valence-electron chi connectivity index (χ4n) is 1.42. The standard InChI is InChI=1S/C11H15ClN2/c12-10-5-9(3-4-11(10)13)7-14-6-8-1-2-8/h3-5,8,14H,1-2,6-7,13H2. The first-order chi connectivity index (χ1) is 6.75. The number of nitrogen functional groups attached to an aromatic ring is 1. The summed E-state index contributed by atoms with van der Waals surface area (Å²) in [6, 6.07) is 5.80. The second kappa shape index (κ2) is 4.20. The van der Waals surface area contributed by atoms with Crippen molar-refractivity contribution in [2.45, 2.75) is 19.4 Å². The predicted octanol–water partition coefficient (Wildman–Crippen LogP) is 2.42. The van der Waals surface area contributed by atoms with Crippen molar-refractivity contribution in [2.24, 2.45) is 5.92 Å². The second-order valence-corrected chi connectivity index (χ2v) is 4.34. The van der Waals surface area contributed by atoms with Crippen LogP contribution in [-0.4, -0.2) is 6.54 Å². The Hall–Kier alpha value is -0.730. The van der Waals surface area contributed by atoms with Crippen LogP contribution in [0.4, 0.5) is 5.69 Å². The maximum absolute atomic E-state index is 5.91. The van der Waals surface area contributed by atoms with Crippen LogP contribution in [0.5, 0.6) is 0 Å². The van der Waals surface area contributed by atoms with Crippen molar-refractivity contribution in [3.05, 3.63) is 28.8 Å². The van der Waals surface area contributed by atoms with Gasteiger partial charge in [-0.3, -0.25) is 0 Å². The van der Waals surface area contributed by atoms with Crippen molar-refractivity contribution < 1.29 is 0 Å². The molecule has 1 saturated carbocycles. The number of nitrogens with one attached hydrogen (secondary N) is 1. The molecule has 0 aliphatic heterocycles. The Kier molecular flexibility index (Phi) is 2.94. The van der Waals surface area contributed by atoms with Gasteiger partial charge in [-0.05, 0) is 43.0 Å². The number of anilines is 1. The quantitative estimate of drug-likeness (QED) is 0.750. The molecule has 1 fully saturated rings. The normalized spacial score (nSPS) is 15.8. The van der Waals surface area contributed by atoms with Crippen LogP contribution in [0, 0.1) is 5.92 Å². The van der Waals surface area contributed by atoms with Gasteiger partial charge in [-0.25, -0.2) is 0 Å². The second-order valence-electron chi connectivity index (χ2n) is 3.93. The molecule has 1 aliphatic carbocycles. The van der Waals surface area contributed by atoms with Crippen LogP contribution in [0.3, 0.4) is 0 Å². The third-order valence-corrected chi connectivity index (χ3v) is 2.85. The Morgan fingerprint density at radius 2 is 2.21 bits per heavy atom. The molecule has 14 heavy (non-hydrogen) atoms. The van der Waals surface area contributed by atoms with E-state index >= 15 is 0 Å². The summed E-state index contributed by atoms with van der Waals surface area (Å²) in [5, 5.41) is 4.06. The van der Waals surface area contributed by atoms with E-state index in [-0.39, 0.29) is 0 Å². The average Bonchev–Trinajstić information content (AvgIpc) is 2.95. The Labute approximate surface area is 89.4 Å². The molecule has 0 saturated heterocycles. The molecule has 3 N–H and O–H groups in total. The van der Waals surface area contributed by atoms with Crippen molar-refractivity contribution in [1.29, 1.82) is 0 Å². The van der Waals surface area contributed by atoms with E-state index in [0.29, 0.717) is 10.7 Å². The molecule has 2 rings (SSSR count). The molecule has 1 aliphatic rings. The highest BCUT2D eigenvalue weighted by atomic mass is 35.5.